The maximum Gasteiger partial charge on any atom is 0.218 e. The lowest BCUT2D eigenvalue weighted by molar-refractivity contribution is 0.234. The molecule has 0 aliphatic heterocycles. The Hall–Kier alpha value is -1.81. The summed E-state index contributed by atoms with van der Waals surface area (Å²) in [6.45, 7) is 5.13. The summed E-state index contributed by atoms with van der Waals surface area (Å²) in [5.74, 6) is 2.41. The maximum absolute atomic E-state index is 6.18. The summed E-state index contributed by atoms with van der Waals surface area (Å²) in [6, 6.07) is 10.6. The number of aryl methyl sites for hydroxylation is 1. The number of aromatic nitrogens is 2. The largest absolute Gasteiger partial charge is 0.439 e. The first-order chi connectivity index (χ1) is 11.7. The van der Waals surface area contributed by atoms with E-state index < -0.39 is 0 Å². The molecule has 1 N–H and O–H groups in total. The Balaban J connectivity index is 1.84. The lowest BCUT2D eigenvalue weighted by Gasteiger charge is -2.28. The number of nitrogens with one attached hydrogen (secondary N) is 1. The van der Waals surface area contributed by atoms with Crippen molar-refractivity contribution < 1.29 is 4.74 Å². The minimum Gasteiger partial charge on any atom is -0.439 e. The molecule has 1 aliphatic rings. The van der Waals surface area contributed by atoms with Crippen molar-refractivity contribution in [2.45, 2.75) is 58.5 Å². The van der Waals surface area contributed by atoms with Crippen LogP contribution < -0.4 is 10.1 Å². The molecule has 4 heteroatoms. The van der Waals surface area contributed by atoms with Crippen molar-refractivity contribution in [2.75, 3.05) is 7.05 Å². The summed E-state index contributed by atoms with van der Waals surface area (Å²) in [5.41, 5.74) is 2.27. The highest BCUT2D eigenvalue weighted by Crippen LogP contribution is 2.35. The van der Waals surface area contributed by atoms with Gasteiger partial charge in [0.2, 0.25) is 5.88 Å². The number of hydrogen-bond donors (Lipinski definition) is 1. The second kappa shape index (κ2) is 7.84. The van der Waals surface area contributed by atoms with Gasteiger partial charge in [0.25, 0.3) is 0 Å². The Morgan fingerprint density at radius 3 is 2.58 bits per heavy atom. The van der Waals surface area contributed by atoms with Crippen molar-refractivity contribution in [3.8, 4) is 11.6 Å². The van der Waals surface area contributed by atoms with Crippen LogP contribution in [-0.2, 0) is 6.54 Å². The van der Waals surface area contributed by atoms with E-state index in [1.165, 1.54) is 37.7 Å². The fourth-order valence-corrected chi connectivity index (χ4v) is 3.60. The molecule has 0 amide bonds. The molecular weight excluding hydrogens is 298 g/mol. The molecule has 1 saturated carbocycles. The Morgan fingerprint density at radius 2 is 1.92 bits per heavy atom. The zero-order valence-electron chi connectivity index (χ0n) is 15.1. The monoisotopic (exact) mass is 327 g/mol. The van der Waals surface area contributed by atoms with Crippen LogP contribution in [0.4, 0.5) is 0 Å². The molecule has 0 bridgehead atoms. The molecule has 4 nitrogen and oxygen atoms in total. The minimum atomic E-state index is 0.372. The standard InChI is InChI=1S/C20H29N3O/c1-15-9-11-19(12-10-15)24-20-13-18(14-21-3)22-23(20)16(2)17-7-5-4-6-8-17/h9-13,16-17,21H,4-8,14H2,1-3H3. The van der Waals surface area contributed by atoms with Crippen molar-refractivity contribution in [2.24, 2.45) is 5.92 Å². The smallest absolute Gasteiger partial charge is 0.218 e. The van der Waals surface area contributed by atoms with Gasteiger partial charge in [-0.2, -0.15) is 5.10 Å². The average Bonchev–Trinajstić information content (AvgIpc) is 3.00. The molecule has 1 atom stereocenters. The second-order valence-corrected chi connectivity index (χ2v) is 7.00. The van der Waals surface area contributed by atoms with Crippen molar-refractivity contribution in [3.05, 3.63) is 41.6 Å². The lowest BCUT2D eigenvalue weighted by atomic mass is 9.85. The molecule has 24 heavy (non-hydrogen) atoms. The molecular formula is C20H29N3O. The van der Waals surface area contributed by atoms with Crippen LogP contribution in [0.25, 0.3) is 0 Å². The van der Waals surface area contributed by atoms with Gasteiger partial charge in [-0.15, -0.1) is 0 Å². The van der Waals surface area contributed by atoms with Crippen LogP contribution in [0.1, 0.15) is 56.3 Å². The minimum absolute atomic E-state index is 0.372. The Morgan fingerprint density at radius 1 is 1.21 bits per heavy atom. The third-order valence-electron chi connectivity index (χ3n) is 5.07. The van der Waals surface area contributed by atoms with Gasteiger partial charge < -0.3 is 10.1 Å². The van der Waals surface area contributed by atoms with Gasteiger partial charge in [0.1, 0.15) is 5.75 Å². The van der Waals surface area contributed by atoms with Gasteiger partial charge in [0.05, 0.1) is 11.7 Å². The zero-order chi connectivity index (χ0) is 16.9. The molecule has 1 aromatic carbocycles. The predicted octanol–water partition coefficient (Wildman–Crippen LogP) is 4.84. The number of ether oxygens (including phenoxy) is 1. The van der Waals surface area contributed by atoms with E-state index in [1.54, 1.807) is 0 Å². The van der Waals surface area contributed by atoms with E-state index in [-0.39, 0.29) is 0 Å². The first kappa shape index (κ1) is 17.0. The quantitative estimate of drug-likeness (QED) is 0.825. The second-order valence-electron chi connectivity index (χ2n) is 7.00. The van der Waals surface area contributed by atoms with Crippen LogP contribution in [0, 0.1) is 12.8 Å². The summed E-state index contributed by atoms with van der Waals surface area (Å²) in [4.78, 5) is 0. The van der Waals surface area contributed by atoms with Crippen LogP contribution >= 0.6 is 0 Å². The summed E-state index contributed by atoms with van der Waals surface area (Å²) in [7, 11) is 1.95. The SMILES string of the molecule is CNCc1cc(Oc2ccc(C)cc2)n(C(C)C2CCCCC2)n1. The normalized spacial score (nSPS) is 17.0. The van der Waals surface area contributed by atoms with Crippen molar-refractivity contribution >= 4 is 0 Å². The third-order valence-corrected chi connectivity index (χ3v) is 5.07. The van der Waals surface area contributed by atoms with Crippen molar-refractivity contribution in [1.29, 1.82) is 0 Å². The van der Waals surface area contributed by atoms with Crippen molar-refractivity contribution in [3.63, 3.8) is 0 Å². The highest BCUT2D eigenvalue weighted by molar-refractivity contribution is 5.31. The number of rotatable bonds is 6. The van der Waals surface area contributed by atoms with Gasteiger partial charge in [-0.05, 0) is 51.8 Å². The average molecular weight is 327 g/mol. The van der Waals surface area contributed by atoms with E-state index in [0.29, 0.717) is 12.0 Å². The lowest BCUT2D eigenvalue weighted by Crippen LogP contribution is -2.21. The first-order valence-corrected chi connectivity index (χ1v) is 9.15. The Labute approximate surface area is 145 Å². The van der Waals surface area contributed by atoms with Crippen LogP contribution in [0.3, 0.4) is 0 Å². The summed E-state index contributed by atoms with van der Waals surface area (Å²) >= 11 is 0. The first-order valence-electron chi connectivity index (χ1n) is 9.15. The summed E-state index contributed by atoms with van der Waals surface area (Å²) in [5, 5.41) is 8.00. The van der Waals surface area contributed by atoms with Crippen LogP contribution in [0.2, 0.25) is 0 Å². The molecule has 1 heterocycles. The Kier molecular flexibility index (Phi) is 5.56. The van der Waals surface area contributed by atoms with E-state index >= 15 is 0 Å². The molecule has 0 spiro atoms. The van der Waals surface area contributed by atoms with E-state index in [2.05, 4.69) is 42.0 Å². The van der Waals surface area contributed by atoms with Gasteiger partial charge in [-0.25, -0.2) is 4.68 Å². The topological polar surface area (TPSA) is 39.1 Å². The predicted molar refractivity (Wildman–Crippen MR) is 97.5 cm³/mol. The summed E-state index contributed by atoms with van der Waals surface area (Å²) in [6.07, 6.45) is 6.65. The van der Waals surface area contributed by atoms with E-state index in [9.17, 15) is 0 Å². The molecule has 1 unspecified atom stereocenters. The van der Waals surface area contributed by atoms with Gasteiger partial charge in [-0.1, -0.05) is 37.0 Å². The molecule has 0 saturated heterocycles. The van der Waals surface area contributed by atoms with Crippen LogP contribution in [0.15, 0.2) is 30.3 Å². The highest BCUT2D eigenvalue weighted by atomic mass is 16.5. The van der Waals surface area contributed by atoms with Gasteiger partial charge in [0, 0.05) is 12.6 Å². The fourth-order valence-electron chi connectivity index (χ4n) is 3.60. The van der Waals surface area contributed by atoms with Gasteiger partial charge >= 0.3 is 0 Å². The maximum atomic E-state index is 6.18. The summed E-state index contributed by atoms with van der Waals surface area (Å²) < 4.78 is 8.28. The van der Waals surface area contributed by atoms with Crippen LogP contribution in [-0.4, -0.2) is 16.8 Å². The van der Waals surface area contributed by atoms with E-state index in [4.69, 9.17) is 9.84 Å². The van der Waals surface area contributed by atoms with E-state index in [0.717, 1.165) is 23.9 Å². The van der Waals surface area contributed by atoms with E-state index in [1.807, 2.05) is 19.2 Å². The molecule has 1 aliphatic carbocycles. The number of hydrogen-bond acceptors (Lipinski definition) is 3. The molecule has 0 radical (unpaired) electrons. The zero-order valence-corrected chi connectivity index (χ0v) is 15.1. The molecule has 3 rings (SSSR count). The van der Waals surface area contributed by atoms with Gasteiger partial charge in [-0.3, -0.25) is 0 Å². The fraction of sp³-hybridized carbons (Fsp3) is 0.550. The van der Waals surface area contributed by atoms with Crippen LogP contribution in [0.5, 0.6) is 11.6 Å². The molecule has 2 aromatic rings. The third kappa shape index (κ3) is 3.99. The Bertz CT molecular complexity index is 641. The number of nitrogens with zero attached hydrogens (tertiary/aromatic N) is 2. The van der Waals surface area contributed by atoms with Crippen molar-refractivity contribution in [1.82, 2.24) is 15.1 Å². The number of benzene rings is 1. The highest BCUT2D eigenvalue weighted by Gasteiger charge is 2.25. The molecule has 1 fully saturated rings. The molecule has 1 aromatic heterocycles. The molecule has 130 valence electrons. The van der Waals surface area contributed by atoms with Gasteiger partial charge in [0.15, 0.2) is 0 Å².